The van der Waals surface area contributed by atoms with Crippen LogP contribution < -0.4 is 4.74 Å². The average molecular weight is 178 g/mol. The number of benzene rings is 1. The van der Waals surface area contributed by atoms with Gasteiger partial charge in [-0.15, -0.1) is 0 Å². The van der Waals surface area contributed by atoms with Crippen molar-refractivity contribution >= 4 is 7.12 Å². The summed E-state index contributed by atoms with van der Waals surface area (Å²) in [6.07, 6.45) is 0.958. The molecule has 0 radical (unpaired) electrons. The third-order valence-electron chi connectivity index (χ3n) is 2.19. The number of hydrogen-bond acceptors (Lipinski definition) is 3. The lowest BCUT2D eigenvalue weighted by Gasteiger charge is -2.08. The molecule has 0 saturated carbocycles. The molecular weight excluding hydrogens is 167 g/mol. The van der Waals surface area contributed by atoms with Crippen molar-refractivity contribution in [2.45, 2.75) is 18.8 Å². The predicted octanol–water partition coefficient (Wildman–Crippen LogP) is 0.463. The standard InChI is InChI=1S/C9H11BO3/c11-10(12)6-8-5-7-3-1-2-4-9(7)13-8/h1-4,8,11-12H,5-6H2. The molecule has 0 aromatic heterocycles. The molecule has 0 fully saturated rings. The Hall–Kier alpha value is -0.995. The lowest BCUT2D eigenvalue weighted by molar-refractivity contribution is 0.239. The Morgan fingerprint density at radius 3 is 2.85 bits per heavy atom. The van der Waals surface area contributed by atoms with Crippen LogP contribution in [0.1, 0.15) is 5.56 Å². The molecule has 4 heteroatoms. The monoisotopic (exact) mass is 178 g/mol. The molecule has 0 saturated heterocycles. The Morgan fingerprint density at radius 2 is 2.15 bits per heavy atom. The maximum absolute atomic E-state index is 8.77. The average Bonchev–Trinajstić information content (AvgIpc) is 2.44. The topological polar surface area (TPSA) is 49.7 Å². The predicted molar refractivity (Wildman–Crippen MR) is 49.6 cm³/mol. The first-order chi connectivity index (χ1) is 6.25. The highest BCUT2D eigenvalue weighted by Gasteiger charge is 2.26. The van der Waals surface area contributed by atoms with Crippen LogP contribution in [0.4, 0.5) is 0 Å². The molecule has 1 heterocycles. The summed E-state index contributed by atoms with van der Waals surface area (Å²) >= 11 is 0. The zero-order valence-corrected chi connectivity index (χ0v) is 7.18. The van der Waals surface area contributed by atoms with Gasteiger partial charge in [0.15, 0.2) is 0 Å². The zero-order chi connectivity index (χ0) is 9.26. The Labute approximate surface area is 77.1 Å². The fourth-order valence-electron chi connectivity index (χ4n) is 1.62. The largest absolute Gasteiger partial charge is 0.490 e. The molecule has 1 aliphatic heterocycles. The van der Waals surface area contributed by atoms with Crippen LogP contribution >= 0.6 is 0 Å². The van der Waals surface area contributed by atoms with Crippen molar-refractivity contribution in [2.75, 3.05) is 0 Å². The highest BCUT2D eigenvalue weighted by Crippen LogP contribution is 2.29. The van der Waals surface area contributed by atoms with Crippen molar-refractivity contribution in [3.63, 3.8) is 0 Å². The van der Waals surface area contributed by atoms with Gasteiger partial charge in [0.05, 0.1) is 0 Å². The second kappa shape index (κ2) is 3.40. The van der Waals surface area contributed by atoms with Crippen molar-refractivity contribution in [1.82, 2.24) is 0 Å². The third kappa shape index (κ3) is 1.84. The van der Waals surface area contributed by atoms with Crippen molar-refractivity contribution in [2.24, 2.45) is 0 Å². The summed E-state index contributed by atoms with van der Waals surface area (Å²) in [5.74, 6) is 0.869. The first kappa shape index (κ1) is 8.60. The summed E-state index contributed by atoms with van der Waals surface area (Å²) in [7, 11) is -1.28. The molecule has 1 aliphatic rings. The summed E-state index contributed by atoms with van der Waals surface area (Å²) in [5.41, 5.74) is 1.15. The van der Waals surface area contributed by atoms with Gasteiger partial charge < -0.3 is 14.8 Å². The van der Waals surface area contributed by atoms with E-state index in [-0.39, 0.29) is 12.4 Å². The fourth-order valence-corrected chi connectivity index (χ4v) is 1.62. The second-order valence-corrected chi connectivity index (χ2v) is 3.27. The van der Waals surface area contributed by atoms with Gasteiger partial charge in [-0.1, -0.05) is 18.2 Å². The first-order valence-corrected chi connectivity index (χ1v) is 4.36. The van der Waals surface area contributed by atoms with E-state index in [1.165, 1.54) is 0 Å². The SMILES string of the molecule is OB(O)CC1Cc2ccccc2O1. The van der Waals surface area contributed by atoms with Crippen LogP contribution in [0.5, 0.6) is 5.75 Å². The molecule has 1 unspecified atom stereocenters. The summed E-state index contributed by atoms with van der Waals surface area (Å²) in [5, 5.41) is 17.5. The highest BCUT2D eigenvalue weighted by molar-refractivity contribution is 6.41. The van der Waals surface area contributed by atoms with Gasteiger partial charge in [-0.25, -0.2) is 0 Å². The first-order valence-electron chi connectivity index (χ1n) is 4.36. The summed E-state index contributed by atoms with van der Waals surface area (Å²) < 4.78 is 5.50. The van der Waals surface area contributed by atoms with E-state index in [4.69, 9.17) is 14.8 Å². The quantitative estimate of drug-likeness (QED) is 0.647. The molecule has 0 bridgehead atoms. The van der Waals surface area contributed by atoms with Crippen LogP contribution in [-0.2, 0) is 6.42 Å². The second-order valence-electron chi connectivity index (χ2n) is 3.27. The van der Waals surface area contributed by atoms with Gasteiger partial charge in [0.2, 0.25) is 0 Å². The van der Waals surface area contributed by atoms with Crippen LogP contribution in [0.25, 0.3) is 0 Å². The summed E-state index contributed by atoms with van der Waals surface area (Å²) in [6.45, 7) is 0. The number of ether oxygens (including phenoxy) is 1. The van der Waals surface area contributed by atoms with E-state index < -0.39 is 7.12 Å². The number of hydrogen-bond donors (Lipinski definition) is 2. The molecule has 0 aliphatic carbocycles. The van der Waals surface area contributed by atoms with E-state index >= 15 is 0 Å². The smallest absolute Gasteiger partial charge is 0.455 e. The van der Waals surface area contributed by atoms with Gasteiger partial charge >= 0.3 is 7.12 Å². The summed E-state index contributed by atoms with van der Waals surface area (Å²) in [6, 6.07) is 7.77. The molecular formula is C9H11BO3. The minimum Gasteiger partial charge on any atom is -0.490 e. The van der Waals surface area contributed by atoms with Crippen LogP contribution in [0.3, 0.4) is 0 Å². The normalized spacial score (nSPS) is 19.4. The van der Waals surface area contributed by atoms with E-state index in [0.717, 1.165) is 17.7 Å². The van der Waals surface area contributed by atoms with E-state index in [9.17, 15) is 0 Å². The minimum absolute atomic E-state index is 0.0857. The molecule has 2 rings (SSSR count). The molecule has 1 aromatic carbocycles. The van der Waals surface area contributed by atoms with Crippen molar-refractivity contribution < 1.29 is 14.8 Å². The Kier molecular flexibility index (Phi) is 2.25. The minimum atomic E-state index is -1.28. The van der Waals surface area contributed by atoms with Gasteiger partial charge in [0.1, 0.15) is 11.9 Å². The maximum atomic E-state index is 8.77. The molecule has 0 amide bonds. The number of para-hydroxylation sites is 1. The van der Waals surface area contributed by atoms with Gasteiger partial charge in [-0.2, -0.15) is 0 Å². The molecule has 68 valence electrons. The lowest BCUT2D eigenvalue weighted by Crippen LogP contribution is -2.23. The molecule has 1 aromatic rings. The molecule has 13 heavy (non-hydrogen) atoms. The van der Waals surface area contributed by atoms with Crippen LogP contribution in [-0.4, -0.2) is 23.3 Å². The fraction of sp³-hybridized carbons (Fsp3) is 0.333. The molecule has 3 nitrogen and oxygen atoms in total. The van der Waals surface area contributed by atoms with Crippen molar-refractivity contribution in [3.05, 3.63) is 29.8 Å². The van der Waals surface area contributed by atoms with E-state index in [1.54, 1.807) is 0 Å². The third-order valence-corrected chi connectivity index (χ3v) is 2.19. The van der Waals surface area contributed by atoms with E-state index in [0.29, 0.717) is 0 Å². The van der Waals surface area contributed by atoms with Gasteiger partial charge in [0.25, 0.3) is 0 Å². The van der Waals surface area contributed by atoms with Crippen molar-refractivity contribution in [1.29, 1.82) is 0 Å². The number of fused-ring (bicyclic) bond motifs is 1. The van der Waals surface area contributed by atoms with Gasteiger partial charge in [0, 0.05) is 12.7 Å². The molecule has 0 spiro atoms. The van der Waals surface area contributed by atoms with E-state index in [2.05, 4.69) is 0 Å². The van der Waals surface area contributed by atoms with Gasteiger partial charge in [-0.05, 0) is 11.6 Å². The lowest BCUT2D eigenvalue weighted by atomic mass is 9.82. The van der Waals surface area contributed by atoms with Crippen LogP contribution in [0.15, 0.2) is 24.3 Å². The summed E-state index contributed by atoms with van der Waals surface area (Å²) in [4.78, 5) is 0. The Bertz CT molecular complexity index is 276. The van der Waals surface area contributed by atoms with E-state index in [1.807, 2.05) is 24.3 Å². The van der Waals surface area contributed by atoms with Gasteiger partial charge in [-0.3, -0.25) is 0 Å². The molecule has 2 N–H and O–H groups in total. The number of rotatable bonds is 2. The Morgan fingerprint density at radius 1 is 1.38 bits per heavy atom. The Balaban J connectivity index is 2.05. The molecule has 1 atom stereocenters. The highest BCUT2D eigenvalue weighted by atomic mass is 16.5. The zero-order valence-electron chi connectivity index (χ0n) is 7.18. The van der Waals surface area contributed by atoms with Crippen LogP contribution in [0.2, 0.25) is 6.32 Å². The van der Waals surface area contributed by atoms with Crippen molar-refractivity contribution in [3.8, 4) is 5.75 Å². The maximum Gasteiger partial charge on any atom is 0.455 e. The van der Waals surface area contributed by atoms with Crippen LogP contribution in [0, 0.1) is 0 Å².